The first-order valence-electron chi connectivity index (χ1n) is 6.37. The van der Waals surface area contributed by atoms with Crippen molar-refractivity contribution in [3.05, 3.63) is 0 Å². The Balaban J connectivity index is 3.61. The predicted octanol–water partition coefficient (Wildman–Crippen LogP) is 0.269. The number of aliphatic hydroxyl groups is 2. The number of hydrogen-bond acceptors (Lipinski definition) is 4. The first-order chi connectivity index (χ1) is 8.50. The summed E-state index contributed by atoms with van der Waals surface area (Å²) in [4.78, 5) is 21.6. The molecule has 6 heteroatoms. The Morgan fingerprint density at radius 1 is 1.00 bits per heavy atom. The summed E-state index contributed by atoms with van der Waals surface area (Å²) < 4.78 is 0. The summed E-state index contributed by atoms with van der Waals surface area (Å²) in [6.07, 6.45) is 2.43. The van der Waals surface area contributed by atoms with Gasteiger partial charge in [0.1, 0.15) is 0 Å². The zero-order valence-electron chi connectivity index (χ0n) is 10.8. The van der Waals surface area contributed by atoms with Crippen LogP contribution in [0.4, 0.5) is 0 Å². The molecular formula is C12H23NO5. The molecule has 2 atom stereocenters. The average Bonchev–Trinajstić information content (AvgIpc) is 2.35. The topological polar surface area (TPSA) is 107 Å². The summed E-state index contributed by atoms with van der Waals surface area (Å²) in [5.74, 6) is -2.46. The summed E-state index contributed by atoms with van der Waals surface area (Å²) in [7, 11) is 0. The van der Waals surface area contributed by atoms with Crippen LogP contribution in [0, 0.1) is 0 Å². The van der Waals surface area contributed by atoms with Crippen LogP contribution in [-0.2, 0) is 9.59 Å². The average molecular weight is 261 g/mol. The van der Waals surface area contributed by atoms with Crippen LogP contribution in [0.25, 0.3) is 0 Å². The normalized spacial score (nSPS) is 13.9. The molecule has 18 heavy (non-hydrogen) atoms. The second-order valence-electron chi connectivity index (χ2n) is 4.29. The Morgan fingerprint density at radius 2 is 1.56 bits per heavy atom. The van der Waals surface area contributed by atoms with Crippen LogP contribution in [0.15, 0.2) is 0 Å². The molecule has 0 bridgehead atoms. The Bertz CT molecular complexity index is 257. The molecule has 0 aromatic rings. The van der Waals surface area contributed by atoms with E-state index in [1.165, 1.54) is 19.3 Å². The second-order valence-corrected chi connectivity index (χ2v) is 4.29. The van der Waals surface area contributed by atoms with E-state index in [1.54, 1.807) is 0 Å². The molecule has 0 aliphatic carbocycles. The van der Waals surface area contributed by atoms with E-state index in [4.69, 9.17) is 10.2 Å². The van der Waals surface area contributed by atoms with Crippen molar-refractivity contribution in [1.82, 2.24) is 5.32 Å². The SMILES string of the molecule is CCCCCCCCNC(=O)C(O)C(O)C(=O)O. The van der Waals surface area contributed by atoms with E-state index in [-0.39, 0.29) is 0 Å². The van der Waals surface area contributed by atoms with E-state index < -0.39 is 24.1 Å². The molecule has 1 amide bonds. The molecule has 0 spiro atoms. The summed E-state index contributed by atoms with van der Waals surface area (Å²) in [6, 6.07) is 0. The van der Waals surface area contributed by atoms with Crippen LogP contribution in [0.5, 0.6) is 0 Å². The van der Waals surface area contributed by atoms with Crippen molar-refractivity contribution in [2.75, 3.05) is 6.54 Å². The molecule has 6 nitrogen and oxygen atoms in total. The van der Waals surface area contributed by atoms with Gasteiger partial charge in [0.15, 0.2) is 12.2 Å². The van der Waals surface area contributed by atoms with Gasteiger partial charge in [0.25, 0.3) is 5.91 Å². The molecule has 0 aromatic carbocycles. The lowest BCUT2D eigenvalue weighted by molar-refractivity contribution is -0.158. The van der Waals surface area contributed by atoms with Crippen molar-refractivity contribution in [2.45, 2.75) is 57.7 Å². The Morgan fingerprint density at radius 3 is 2.11 bits per heavy atom. The number of nitrogens with one attached hydrogen (secondary N) is 1. The fraction of sp³-hybridized carbons (Fsp3) is 0.833. The number of carbonyl (C=O) groups excluding carboxylic acids is 1. The highest BCUT2D eigenvalue weighted by Crippen LogP contribution is 2.04. The Kier molecular flexibility index (Phi) is 9.22. The van der Waals surface area contributed by atoms with Gasteiger partial charge in [-0.2, -0.15) is 0 Å². The molecule has 0 fully saturated rings. The monoisotopic (exact) mass is 261 g/mol. The first kappa shape index (κ1) is 16.9. The highest BCUT2D eigenvalue weighted by atomic mass is 16.4. The fourth-order valence-corrected chi connectivity index (χ4v) is 1.50. The van der Waals surface area contributed by atoms with Gasteiger partial charge >= 0.3 is 5.97 Å². The number of hydrogen-bond donors (Lipinski definition) is 4. The number of carboxylic acids is 1. The molecule has 0 saturated carbocycles. The highest BCUT2D eigenvalue weighted by molar-refractivity contribution is 5.87. The van der Waals surface area contributed by atoms with Crippen LogP contribution in [0.2, 0.25) is 0 Å². The van der Waals surface area contributed by atoms with Crippen LogP contribution in [-0.4, -0.2) is 45.9 Å². The van der Waals surface area contributed by atoms with Gasteiger partial charge in [0, 0.05) is 6.54 Å². The van der Waals surface area contributed by atoms with Crippen molar-refractivity contribution in [3.8, 4) is 0 Å². The molecular weight excluding hydrogens is 238 g/mol. The zero-order chi connectivity index (χ0) is 14.0. The number of aliphatic carboxylic acids is 1. The third-order valence-electron chi connectivity index (χ3n) is 2.65. The van der Waals surface area contributed by atoms with Crippen molar-refractivity contribution in [1.29, 1.82) is 0 Å². The number of amides is 1. The standard InChI is InChI=1S/C12H23NO5/c1-2-3-4-5-6-7-8-13-11(16)9(14)10(15)12(17)18/h9-10,14-15H,2-8H2,1H3,(H,13,16)(H,17,18). The molecule has 4 N–H and O–H groups in total. The maximum Gasteiger partial charge on any atom is 0.335 e. The molecule has 0 aliphatic rings. The second kappa shape index (κ2) is 9.85. The van der Waals surface area contributed by atoms with Crippen LogP contribution in [0.1, 0.15) is 45.4 Å². The van der Waals surface area contributed by atoms with Crippen molar-refractivity contribution in [3.63, 3.8) is 0 Å². The molecule has 0 aromatic heterocycles. The summed E-state index contributed by atoms with van der Waals surface area (Å²) in [5, 5.41) is 28.9. The van der Waals surface area contributed by atoms with Crippen molar-refractivity contribution in [2.24, 2.45) is 0 Å². The Hall–Kier alpha value is -1.14. The van der Waals surface area contributed by atoms with Gasteiger partial charge in [0.2, 0.25) is 0 Å². The molecule has 0 saturated heterocycles. The van der Waals surface area contributed by atoms with Gasteiger partial charge < -0.3 is 20.6 Å². The van der Waals surface area contributed by atoms with Crippen LogP contribution < -0.4 is 5.32 Å². The lowest BCUT2D eigenvalue weighted by atomic mass is 10.1. The highest BCUT2D eigenvalue weighted by Gasteiger charge is 2.29. The third-order valence-corrected chi connectivity index (χ3v) is 2.65. The molecule has 106 valence electrons. The van der Waals surface area contributed by atoms with E-state index >= 15 is 0 Å². The quantitative estimate of drug-likeness (QED) is 0.422. The maximum absolute atomic E-state index is 11.2. The number of rotatable bonds is 10. The third kappa shape index (κ3) is 7.24. The fourth-order valence-electron chi connectivity index (χ4n) is 1.50. The first-order valence-corrected chi connectivity index (χ1v) is 6.37. The van der Waals surface area contributed by atoms with Crippen molar-refractivity contribution >= 4 is 11.9 Å². The molecule has 0 rings (SSSR count). The summed E-state index contributed by atoms with van der Waals surface area (Å²) in [5.41, 5.74) is 0. The maximum atomic E-state index is 11.2. The van der Waals surface area contributed by atoms with Crippen LogP contribution >= 0.6 is 0 Å². The van der Waals surface area contributed by atoms with Gasteiger partial charge in [-0.15, -0.1) is 0 Å². The number of unbranched alkanes of at least 4 members (excludes halogenated alkanes) is 5. The van der Waals surface area contributed by atoms with Crippen LogP contribution in [0.3, 0.4) is 0 Å². The van der Waals surface area contributed by atoms with Gasteiger partial charge in [0.05, 0.1) is 0 Å². The summed E-state index contributed by atoms with van der Waals surface area (Å²) in [6.45, 7) is 2.52. The van der Waals surface area contributed by atoms with E-state index in [2.05, 4.69) is 12.2 Å². The smallest absolute Gasteiger partial charge is 0.335 e. The number of carboxylic acid groups (broad SMARTS) is 1. The van der Waals surface area contributed by atoms with Gasteiger partial charge in [-0.1, -0.05) is 39.0 Å². The number of aliphatic hydroxyl groups excluding tert-OH is 2. The lowest BCUT2D eigenvalue weighted by Gasteiger charge is -2.13. The minimum absolute atomic E-state index is 0.383. The van der Waals surface area contributed by atoms with E-state index in [1.807, 2.05) is 0 Å². The Labute approximate surface area is 107 Å². The van der Waals surface area contributed by atoms with E-state index in [9.17, 15) is 14.7 Å². The molecule has 0 radical (unpaired) electrons. The van der Waals surface area contributed by atoms with Gasteiger partial charge in [-0.3, -0.25) is 4.79 Å². The van der Waals surface area contributed by atoms with E-state index in [0.717, 1.165) is 19.3 Å². The number of carbonyl (C=O) groups is 2. The van der Waals surface area contributed by atoms with Gasteiger partial charge in [-0.05, 0) is 6.42 Å². The molecule has 0 aliphatic heterocycles. The largest absolute Gasteiger partial charge is 0.479 e. The molecule has 2 unspecified atom stereocenters. The van der Waals surface area contributed by atoms with E-state index in [0.29, 0.717) is 6.54 Å². The lowest BCUT2D eigenvalue weighted by Crippen LogP contribution is -2.45. The molecule has 0 heterocycles. The minimum Gasteiger partial charge on any atom is -0.479 e. The van der Waals surface area contributed by atoms with Gasteiger partial charge in [-0.25, -0.2) is 4.79 Å². The predicted molar refractivity (Wildman–Crippen MR) is 66.0 cm³/mol. The zero-order valence-corrected chi connectivity index (χ0v) is 10.8. The minimum atomic E-state index is -2.07. The summed E-state index contributed by atoms with van der Waals surface area (Å²) >= 11 is 0. The van der Waals surface area contributed by atoms with Crippen molar-refractivity contribution < 1.29 is 24.9 Å².